The molecule has 0 saturated carbocycles. The van der Waals surface area contributed by atoms with Crippen LogP contribution in [0.5, 0.6) is 0 Å². The van der Waals surface area contributed by atoms with Crippen LogP contribution < -0.4 is 0 Å². The van der Waals surface area contributed by atoms with Crippen LogP contribution in [0.3, 0.4) is 0 Å². The van der Waals surface area contributed by atoms with Gasteiger partial charge in [0.05, 0.1) is 16.2 Å². The number of benzene rings is 2. The van der Waals surface area contributed by atoms with Crippen molar-refractivity contribution in [2.75, 3.05) is 6.54 Å². The molecule has 1 N–H and O–H groups in total. The van der Waals surface area contributed by atoms with Crippen molar-refractivity contribution in [2.45, 2.75) is 0 Å². The van der Waals surface area contributed by atoms with E-state index in [9.17, 15) is 9.59 Å². The number of amides is 1. The molecule has 7 heteroatoms. The summed E-state index contributed by atoms with van der Waals surface area (Å²) in [6.45, 7) is 3.99. The molecule has 1 saturated heterocycles. The second kappa shape index (κ2) is 8.24. The molecule has 1 fully saturated rings. The average molecular weight is 399 g/mol. The molecule has 0 spiro atoms. The van der Waals surface area contributed by atoms with E-state index in [1.807, 2.05) is 12.1 Å². The zero-order valence-electron chi connectivity index (χ0n) is 14.1. The number of nitrogens with zero attached hydrogens (tertiary/aromatic N) is 2. The number of aromatic carboxylic acids is 1. The molecule has 0 bridgehead atoms. The Kier molecular flexibility index (Phi) is 5.78. The van der Waals surface area contributed by atoms with E-state index in [4.69, 9.17) is 16.7 Å². The summed E-state index contributed by atoms with van der Waals surface area (Å²) in [7, 11) is 0. The number of carboxylic acid groups (broad SMARTS) is 1. The van der Waals surface area contributed by atoms with Crippen LogP contribution in [-0.4, -0.2) is 33.6 Å². The molecule has 2 aromatic carbocycles. The molecular formula is C20H15ClN2O3S. The Bertz CT molecular complexity index is 985. The minimum atomic E-state index is -1.03. The highest BCUT2D eigenvalue weighted by Crippen LogP contribution is 2.34. The number of amidine groups is 1. The van der Waals surface area contributed by atoms with Crippen molar-refractivity contribution in [3.8, 4) is 0 Å². The van der Waals surface area contributed by atoms with E-state index < -0.39 is 5.97 Å². The molecule has 5 nitrogen and oxygen atoms in total. The molecule has 1 heterocycles. The van der Waals surface area contributed by atoms with Gasteiger partial charge in [0.1, 0.15) is 0 Å². The number of aliphatic imine (C=N–C) groups is 1. The fourth-order valence-corrected chi connectivity index (χ4v) is 3.65. The second-order valence-corrected chi connectivity index (χ2v) is 7.07. The normalized spacial score (nSPS) is 16.9. The molecule has 2 aromatic rings. The summed E-state index contributed by atoms with van der Waals surface area (Å²) < 4.78 is 0. The second-order valence-electron chi connectivity index (χ2n) is 5.62. The number of hydrogen-bond acceptors (Lipinski definition) is 4. The maximum absolute atomic E-state index is 12.7. The summed E-state index contributed by atoms with van der Waals surface area (Å²) in [5, 5.41) is 10.2. The third kappa shape index (κ3) is 4.48. The van der Waals surface area contributed by atoms with Gasteiger partial charge in [-0.25, -0.2) is 9.79 Å². The fourth-order valence-electron chi connectivity index (χ4n) is 2.45. The van der Waals surface area contributed by atoms with E-state index in [1.165, 1.54) is 28.8 Å². The molecule has 0 radical (unpaired) electrons. The lowest BCUT2D eigenvalue weighted by Gasteiger charge is -2.12. The number of carbonyl (C=O) groups is 2. The molecule has 1 aliphatic rings. The van der Waals surface area contributed by atoms with E-state index in [0.29, 0.717) is 27.3 Å². The van der Waals surface area contributed by atoms with Crippen molar-refractivity contribution < 1.29 is 14.7 Å². The lowest BCUT2D eigenvalue weighted by atomic mass is 10.2. The van der Waals surface area contributed by atoms with Crippen LogP contribution >= 0.6 is 23.4 Å². The van der Waals surface area contributed by atoms with Crippen molar-refractivity contribution in [3.05, 3.63) is 82.2 Å². The Morgan fingerprint density at radius 1 is 1.26 bits per heavy atom. The van der Waals surface area contributed by atoms with Crippen LogP contribution in [0.25, 0.3) is 6.08 Å². The van der Waals surface area contributed by atoms with Gasteiger partial charge >= 0.3 is 5.97 Å². The zero-order valence-corrected chi connectivity index (χ0v) is 15.7. The Labute approximate surface area is 165 Å². The van der Waals surface area contributed by atoms with Gasteiger partial charge in [0.15, 0.2) is 5.17 Å². The SMILES string of the molecule is C=CCN1C(=O)/C(=C/c2cccc(Cl)c2)SC1=Nc1cccc(C(=O)O)c1. The van der Waals surface area contributed by atoms with Crippen molar-refractivity contribution in [1.82, 2.24) is 4.90 Å². The van der Waals surface area contributed by atoms with Gasteiger partial charge in [0.25, 0.3) is 5.91 Å². The highest BCUT2D eigenvalue weighted by molar-refractivity contribution is 8.18. The molecule has 0 aliphatic carbocycles. The Morgan fingerprint density at radius 2 is 2.04 bits per heavy atom. The van der Waals surface area contributed by atoms with Crippen molar-refractivity contribution in [3.63, 3.8) is 0 Å². The largest absolute Gasteiger partial charge is 0.478 e. The molecule has 3 rings (SSSR count). The summed E-state index contributed by atoms with van der Waals surface area (Å²) in [6, 6.07) is 13.5. The Hall–Kier alpha value is -2.83. The van der Waals surface area contributed by atoms with E-state index in [1.54, 1.807) is 36.4 Å². The first-order valence-corrected chi connectivity index (χ1v) is 9.17. The first kappa shape index (κ1) is 18.9. The predicted octanol–water partition coefficient (Wildman–Crippen LogP) is 4.83. The minimum Gasteiger partial charge on any atom is -0.478 e. The quantitative estimate of drug-likeness (QED) is 0.578. The van der Waals surface area contributed by atoms with Gasteiger partial charge in [0, 0.05) is 11.6 Å². The maximum atomic E-state index is 12.7. The molecule has 27 heavy (non-hydrogen) atoms. The summed E-state index contributed by atoms with van der Waals surface area (Å²) in [4.78, 5) is 30.4. The number of hydrogen-bond donors (Lipinski definition) is 1. The Balaban J connectivity index is 1.97. The van der Waals surface area contributed by atoms with E-state index >= 15 is 0 Å². The van der Waals surface area contributed by atoms with Gasteiger partial charge in [-0.2, -0.15) is 0 Å². The van der Waals surface area contributed by atoms with E-state index in [0.717, 1.165) is 5.56 Å². The van der Waals surface area contributed by atoms with Crippen LogP contribution in [0.15, 0.2) is 71.1 Å². The minimum absolute atomic E-state index is 0.135. The number of carbonyl (C=O) groups excluding carboxylic acids is 1. The first-order chi connectivity index (χ1) is 13.0. The molecule has 1 amide bonds. The van der Waals surface area contributed by atoms with Gasteiger partial charge in [-0.15, -0.1) is 6.58 Å². The molecule has 0 atom stereocenters. The summed E-state index contributed by atoms with van der Waals surface area (Å²) in [5.41, 5.74) is 1.41. The van der Waals surface area contributed by atoms with Crippen LogP contribution in [0, 0.1) is 0 Å². The highest BCUT2D eigenvalue weighted by atomic mass is 35.5. The average Bonchev–Trinajstić information content (AvgIpc) is 2.91. The van der Waals surface area contributed by atoms with Gasteiger partial charge < -0.3 is 5.11 Å². The van der Waals surface area contributed by atoms with Gasteiger partial charge in [-0.1, -0.05) is 35.9 Å². The maximum Gasteiger partial charge on any atom is 0.335 e. The lowest BCUT2D eigenvalue weighted by molar-refractivity contribution is -0.121. The number of thioether (sulfide) groups is 1. The smallest absolute Gasteiger partial charge is 0.335 e. The number of carboxylic acids is 1. The Morgan fingerprint density at radius 3 is 2.74 bits per heavy atom. The van der Waals surface area contributed by atoms with Crippen LogP contribution in [0.2, 0.25) is 5.02 Å². The molecule has 136 valence electrons. The van der Waals surface area contributed by atoms with E-state index in [-0.39, 0.29) is 11.5 Å². The first-order valence-electron chi connectivity index (χ1n) is 7.98. The lowest BCUT2D eigenvalue weighted by Crippen LogP contribution is -2.29. The van der Waals surface area contributed by atoms with Crippen molar-refractivity contribution in [2.24, 2.45) is 4.99 Å². The third-order valence-electron chi connectivity index (χ3n) is 3.66. The van der Waals surface area contributed by atoms with Crippen LogP contribution in [-0.2, 0) is 4.79 Å². The van der Waals surface area contributed by atoms with Crippen LogP contribution in [0.1, 0.15) is 15.9 Å². The van der Waals surface area contributed by atoms with Gasteiger partial charge in [0.2, 0.25) is 0 Å². The highest BCUT2D eigenvalue weighted by Gasteiger charge is 2.32. The predicted molar refractivity (Wildman–Crippen MR) is 109 cm³/mol. The van der Waals surface area contributed by atoms with E-state index in [2.05, 4.69) is 11.6 Å². The zero-order chi connectivity index (χ0) is 19.4. The number of rotatable bonds is 5. The van der Waals surface area contributed by atoms with Crippen LogP contribution in [0.4, 0.5) is 5.69 Å². The summed E-state index contributed by atoms with van der Waals surface area (Å²) in [6.07, 6.45) is 3.37. The summed E-state index contributed by atoms with van der Waals surface area (Å²) >= 11 is 7.23. The fraction of sp³-hybridized carbons (Fsp3) is 0.0500. The molecule has 0 unspecified atom stereocenters. The van der Waals surface area contributed by atoms with Gasteiger partial charge in [-0.05, 0) is 53.7 Å². The third-order valence-corrected chi connectivity index (χ3v) is 4.91. The monoisotopic (exact) mass is 398 g/mol. The number of halogens is 1. The summed E-state index contributed by atoms with van der Waals surface area (Å²) in [5.74, 6) is -1.22. The molecular weight excluding hydrogens is 384 g/mol. The topological polar surface area (TPSA) is 70.0 Å². The van der Waals surface area contributed by atoms with Gasteiger partial charge in [-0.3, -0.25) is 9.69 Å². The van der Waals surface area contributed by atoms with Crippen molar-refractivity contribution >= 4 is 52.2 Å². The molecule has 0 aromatic heterocycles. The standard InChI is InChI=1S/C20H15ClN2O3S/c1-2-9-23-18(24)17(11-13-5-3-7-15(21)10-13)27-20(23)22-16-8-4-6-14(12-16)19(25)26/h2-8,10-12H,1,9H2,(H,25,26)/b17-11-,22-20?. The molecule has 1 aliphatic heterocycles. The van der Waals surface area contributed by atoms with Crippen molar-refractivity contribution in [1.29, 1.82) is 0 Å².